The van der Waals surface area contributed by atoms with Crippen LogP contribution in [0.5, 0.6) is 0 Å². The molecule has 2 nitrogen and oxygen atoms in total. The van der Waals surface area contributed by atoms with Gasteiger partial charge in [0.05, 0.1) is 5.02 Å². The van der Waals surface area contributed by atoms with Crippen LogP contribution in [0.2, 0.25) is 10.0 Å². The SMILES string of the molecule is O=C(F)c1ccc(-c2cc(Cl)ccc2Cl)o1. The van der Waals surface area contributed by atoms with Crippen molar-refractivity contribution in [2.45, 2.75) is 0 Å². The summed E-state index contributed by atoms with van der Waals surface area (Å²) in [5.74, 6) is -0.0560. The van der Waals surface area contributed by atoms with Crippen molar-refractivity contribution in [3.05, 3.63) is 46.1 Å². The Hall–Kier alpha value is -1.32. The Morgan fingerprint density at radius 2 is 1.94 bits per heavy atom. The smallest absolute Gasteiger partial charge is 0.367 e. The molecule has 1 aromatic carbocycles. The van der Waals surface area contributed by atoms with Crippen molar-refractivity contribution in [2.24, 2.45) is 0 Å². The molecule has 0 atom stereocenters. The lowest BCUT2D eigenvalue weighted by Gasteiger charge is -2.00. The minimum atomic E-state index is -1.62. The minimum Gasteiger partial charge on any atom is -0.450 e. The molecule has 0 amide bonds. The van der Waals surface area contributed by atoms with Crippen LogP contribution in [0.1, 0.15) is 10.6 Å². The zero-order valence-corrected chi connectivity index (χ0v) is 9.35. The molecule has 2 aromatic rings. The van der Waals surface area contributed by atoms with Crippen LogP contribution >= 0.6 is 23.2 Å². The molecule has 1 aromatic heterocycles. The molecule has 16 heavy (non-hydrogen) atoms. The van der Waals surface area contributed by atoms with Gasteiger partial charge in [-0.1, -0.05) is 23.2 Å². The van der Waals surface area contributed by atoms with Gasteiger partial charge in [-0.2, -0.15) is 4.39 Å². The van der Waals surface area contributed by atoms with E-state index in [1.54, 1.807) is 18.2 Å². The fourth-order valence-electron chi connectivity index (χ4n) is 1.27. The van der Waals surface area contributed by atoms with Crippen LogP contribution in [0, 0.1) is 0 Å². The third-order valence-corrected chi connectivity index (χ3v) is 2.56. The van der Waals surface area contributed by atoms with E-state index in [1.807, 2.05) is 0 Å². The molecule has 0 saturated carbocycles. The summed E-state index contributed by atoms with van der Waals surface area (Å²) in [5, 5.41) is 0.889. The van der Waals surface area contributed by atoms with E-state index < -0.39 is 6.04 Å². The summed E-state index contributed by atoms with van der Waals surface area (Å²) < 4.78 is 17.4. The lowest BCUT2D eigenvalue weighted by molar-refractivity contribution is 0.0805. The van der Waals surface area contributed by atoms with Gasteiger partial charge in [-0.3, -0.25) is 4.79 Å². The lowest BCUT2D eigenvalue weighted by atomic mass is 10.2. The van der Waals surface area contributed by atoms with E-state index in [0.29, 0.717) is 21.4 Å². The number of carbonyl (C=O) groups is 1. The van der Waals surface area contributed by atoms with Gasteiger partial charge >= 0.3 is 6.04 Å². The van der Waals surface area contributed by atoms with E-state index in [0.717, 1.165) is 0 Å². The van der Waals surface area contributed by atoms with Gasteiger partial charge in [0.2, 0.25) is 5.76 Å². The second kappa shape index (κ2) is 4.28. The molecular weight excluding hydrogens is 254 g/mol. The Balaban J connectivity index is 2.50. The molecule has 5 heteroatoms. The summed E-state index contributed by atoms with van der Waals surface area (Å²) in [6, 6.07) is 5.88. The van der Waals surface area contributed by atoms with Crippen molar-refractivity contribution >= 4 is 29.2 Å². The topological polar surface area (TPSA) is 30.2 Å². The maximum Gasteiger partial charge on any atom is 0.367 e. The van der Waals surface area contributed by atoms with Crippen molar-refractivity contribution in [1.82, 2.24) is 0 Å². The normalized spacial score (nSPS) is 10.4. The van der Waals surface area contributed by atoms with Crippen LogP contribution in [0.15, 0.2) is 34.7 Å². The van der Waals surface area contributed by atoms with E-state index in [1.165, 1.54) is 12.1 Å². The van der Waals surface area contributed by atoms with E-state index in [4.69, 9.17) is 27.6 Å². The van der Waals surface area contributed by atoms with Crippen molar-refractivity contribution < 1.29 is 13.6 Å². The Kier molecular flexibility index (Phi) is 2.99. The first kappa shape index (κ1) is 11.2. The number of benzene rings is 1. The van der Waals surface area contributed by atoms with Gasteiger partial charge in [-0.15, -0.1) is 0 Å². The molecule has 0 aliphatic carbocycles. The standard InChI is InChI=1S/C11H5Cl2FO2/c12-6-1-2-8(13)7(5-6)9-3-4-10(16-9)11(14)15/h1-5H. The summed E-state index contributed by atoms with van der Waals surface area (Å²) >= 11 is 11.7. The van der Waals surface area contributed by atoms with E-state index in [-0.39, 0.29) is 5.76 Å². The molecule has 0 unspecified atom stereocenters. The van der Waals surface area contributed by atoms with Crippen LogP contribution in [-0.4, -0.2) is 6.04 Å². The molecule has 0 saturated heterocycles. The van der Waals surface area contributed by atoms with Gasteiger partial charge in [0.25, 0.3) is 0 Å². The van der Waals surface area contributed by atoms with Crippen molar-refractivity contribution in [1.29, 1.82) is 0 Å². The van der Waals surface area contributed by atoms with Crippen LogP contribution in [0.4, 0.5) is 4.39 Å². The van der Waals surface area contributed by atoms with Crippen molar-refractivity contribution in [2.75, 3.05) is 0 Å². The Morgan fingerprint density at radius 3 is 2.56 bits per heavy atom. The molecule has 0 bridgehead atoms. The summed E-state index contributed by atoms with van der Waals surface area (Å²) in [5.41, 5.74) is 0.515. The number of rotatable bonds is 2. The monoisotopic (exact) mass is 258 g/mol. The quantitative estimate of drug-likeness (QED) is 0.750. The maximum atomic E-state index is 12.4. The number of halogens is 3. The van der Waals surface area contributed by atoms with Gasteiger partial charge in [-0.25, -0.2) is 0 Å². The molecule has 1 heterocycles. The minimum absolute atomic E-state index is 0.300. The third-order valence-electron chi connectivity index (χ3n) is 1.99. The summed E-state index contributed by atoms with van der Waals surface area (Å²) in [4.78, 5) is 10.4. The van der Waals surface area contributed by atoms with Gasteiger partial charge in [0, 0.05) is 10.6 Å². The first-order chi connectivity index (χ1) is 7.58. The highest BCUT2D eigenvalue weighted by Gasteiger charge is 2.13. The predicted octanol–water partition coefficient (Wildman–Crippen LogP) is 4.36. The van der Waals surface area contributed by atoms with Crippen LogP contribution < -0.4 is 0 Å². The molecule has 0 fully saturated rings. The number of hydrogen-bond acceptors (Lipinski definition) is 2. The van der Waals surface area contributed by atoms with Crippen molar-refractivity contribution in [3.8, 4) is 11.3 Å². The fourth-order valence-corrected chi connectivity index (χ4v) is 1.66. The largest absolute Gasteiger partial charge is 0.450 e. The molecule has 0 radical (unpaired) electrons. The average Bonchev–Trinajstić information content (AvgIpc) is 2.70. The third kappa shape index (κ3) is 2.10. The second-order valence-corrected chi connectivity index (χ2v) is 3.91. The molecule has 0 aliphatic heterocycles. The Bertz CT molecular complexity index is 549. The summed E-state index contributed by atoms with van der Waals surface area (Å²) in [6.45, 7) is 0. The van der Waals surface area contributed by atoms with Crippen molar-refractivity contribution in [3.63, 3.8) is 0 Å². The average molecular weight is 259 g/mol. The van der Waals surface area contributed by atoms with Crippen LogP contribution in [0.25, 0.3) is 11.3 Å². The highest BCUT2D eigenvalue weighted by molar-refractivity contribution is 6.35. The van der Waals surface area contributed by atoms with Crippen LogP contribution in [0.3, 0.4) is 0 Å². The van der Waals surface area contributed by atoms with Crippen LogP contribution in [-0.2, 0) is 0 Å². The van der Waals surface area contributed by atoms with E-state index >= 15 is 0 Å². The van der Waals surface area contributed by atoms with Gasteiger partial charge in [0.1, 0.15) is 5.76 Å². The number of furan rings is 1. The molecular formula is C11H5Cl2FO2. The first-order valence-electron chi connectivity index (χ1n) is 4.33. The summed E-state index contributed by atoms with van der Waals surface area (Å²) in [6.07, 6.45) is 0. The maximum absolute atomic E-state index is 12.4. The van der Waals surface area contributed by atoms with Gasteiger partial charge in [-0.05, 0) is 30.3 Å². The van der Waals surface area contributed by atoms with Gasteiger partial charge < -0.3 is 4.42 Å². The molecule has 2 rings (SSSR count). The molecule has 82 valence electrons. The molecule has 0 N–H and O–H groups in total. The second-order valence-electron chi connectivity index (χ2n) is 3.06. The zero-order chi connectivity index (χ0) is 11.7. The Morgan fingerprint density at radius 1 is 1.19 bits per heavy atom. The number of carbonyl (C=O) groups excluding carboxylic acids is 1. The molecule has 0 aliphatic rings. The van der Waals surface area contributed by atoms with E-state index in [2.05, 4.69) is 0 Å². The highest BCUT2D eigenvalue weighted by atomic mass is 35.5. The summed E-state index contributed by atoms with van der Waals surface area (Å²) in [7, 11) is 0. The Labute approximate surface area is 101 Å². The lowest BCUT2D eigenvalue weighted by Crippen LogP contribution is -1.83. The van der Waals surface area contributed by atoms with Gasteiger partial charge in [0.15, 0.2) is 0 Å². The predicted molar refractivity (Wildman–Crippen MR) is 59.6 cm³/mol. The fraction of sp³-hybridized carbons (Fsp3) is 0. The highest BCUT2D eigenvalue weighted by Crippen LogP contribution is 2.31. The molecule has 0 spiro atoms. The first-order valence-corrected chi connectivity index (χ1v) is 5.08. The zero-order valence-electron chi connectivity index (χ0n) is 7.84. The number of hydrogen-bond donors (Lipinski definition) is 0. The van der Waals surface area contributed by atoms with E-state index in [9.17, 15) is 9.18 Å².